The van der Waals surface area contributed by atoms with Crippen LogP contribution in [0.15, 0.2) is 47.8 Å². The van der Waals surface area contributed by atoms with Crippen molar-refractivity contribution in [1.82, 2.24) is 4.98 Å². The Morgan fingerprint density at radius 2 is 1.88 bits per heavy atom. The van der Waals surface area contributed by atoms with Crippen LogP contribution in [0.3, 0.4) is 0 Å². The van der Waals surface area contributed by atoms with Gasteiger partial charge in [0, 0.05) is 23.7 Å². The summed E-state index contributed by atoms with van der Waals surface area (Å²) in [5.41, 5.74) is 1.72. The summed E-state index contributed by atoms with van der Waals surface area (Å²) >= 11 is 1.32. The standard InChI is InChI=1S/C18H14F2N2O2S/c1-24-9-17-21-16(10-25-17)18(23)22-15-7-6-13(20)8-14(15)11-2-4-12(19)5-3-11/h2-8,10H,9H2,1H3,(H,22,23). The molecule has 1 heterocycles. The molecule has 1 amide bonds. The summed E-state index contributed by atoms with van der Waals surface area (Å²) in [7, 11) is 1.55. The number of thiazole rings is 1. The molecule has 0 radical (unpaired) electrons. The van der Waals surface area contributed by atoms with Crippen molar-refractivity contribution in [3.63, 3.8) is 0 Å². The maximum Gasteiger partial charge on any atom is 0.275 e. The first-order valence-corrected chi connectivity index (χ1v) is 8.25. The molecule has 4 nitrogen and oxygen atoms in total. The van der Waals surface area contributed by atoms with Crippen molar-refractivity contribution in [3.05, 3.63) is 70.2 Å². The summed E-state index contributed by atoms with van der Waals surface area (Å²) in [4.78, 5) is 16.6. The molecular weight excluding hydrogens is 346 g/mol. The Morgan fingerprint density at radius 3 is 2.60 bits per heavy atom. The molecule has 0 aliphatic rings. The SMILES string of the molecule is COCc1nc(C(=O)Nc2ccc(F)cc2-c2ccc(F)cc2)cs1. The van der Waals surface area contributed by atoms with E-state index in [1.165, 1.54) is 53.8 Å². The molecule has 7 heteroatoms. The predicted octanol–water partition coefficient (Wildman–Crippen LogP) is 4.49. The fourth-order valence-corrected chi connectivity index (χ4v) is 3.03. The molecule has 0 unspecified atom stereocenters. The van der Waals surface area contributed by atoms with Crippen LogP contribution < -0.4 is 5.32 Å². The fourth-order valence-electron chi connectivity index (χ4n) is 2.29. The number of carbonyl (C=O) groups is 1. The topological polar surface area (TPSA) is 51.2 Å². The Balaban J connectivity index is 1.89. The van der Waals surface area contributed by atoms with Gasteiger partial charge in [-0.25, -0.2) is 13.8 Å². The predicted molar refractivity (Wildman–Crippen MR) is 92.6 cm³/mol. The lowest BCUT2D eigenvalue weighted by Gasteiger charge is -2.11. The Kier molecular flexibility index (Phi) is 5.16. The molecule has 2 aromatic carbocycles. The van der Waals surface area contributed by atoms with Crippen molar-refractivity contribution in [1.29, 1.82) is 0 Å². The Labute approximate surface area is 147 Å². The van der Waals surface area contributed by atoms with E-state index >= 15 is 0 Å². The fraction of sp³-hybridized carbons (Fsp3) is 0.111. The van der Waals surface area contributed by atoms with Gasteiger partial charge in [-0.2, -0.15) is 0 Å². The third kappa shape index (κ3) is 4.07. The molecule has 3 rings (SSSR count). The summed E-state index contributed by atoms with van der Waals surface area (Å²) in [6.45, 7) is 0.329. The monoisotopic (exact) mass is 360 g/mol. The van der Waals surface area contributed by atoms with Gasteiger partial charge in [0.1, 0.15) is 22.3 Å². The lowest BCUT2D eigenvalue weighted by atomic mass is 10.0. The minimum absolute atomic E-state index is 0.256. The molecule has 3 aromatic rings. The molecule has 0 fully saturated rings. The second kappa shape index (κ2) is 7.50. The van der Waals surface area contributed by atoms with Gasteiger partial charge in [0.2, 0.25) is 0 Å². The van der Waals surface area contributed by atoms with Gasteiger partial charge in [-0.05, 0) is 35.9 Å². The molecule has 0 saturated heterocycles. The van der Waals surface area contributed by atoms with Gasteiger partial charge in [-0.1, -0.05) is 12.1 Å². The number of ether oxygens (including phenoxy) is 1. The van der Waals surface area contributed by atoms with Crippen molar-refractivity contribution in [2.24, 2.45) is 0 Å². The smallest absolute Gasteiger partial charge is 0.275 e. The number of aromatic nitrogens is 1. The van der Waals surface area contributed by atoms with E-state index < -0.39 is 11.7 Å². The van der Waals surface area contributed by atoms with Crippen molar-refractivity contribution < 1.29 is 18.3 Å². The third-order valence-electron chi connectivity index (χ3n) is 3.44. The van der Waals surface area contributed by atoms with Gasteiger partial charge < -0.3 is 10.1 Å². The van der Waals surface area contributed by atoms with Crippen LogP contribution in [-0.2, 0) is 11.3 Å². The number of hydrogen-bond acceptors (Lipinski definition) is 4. The zero-order valence-corrected chi connectivity index (χ0v) is 14.1. The lowest BCUT2D eigenvalue weighted by molar-refractivity contribution is 0.102. The normalized spacial score (nSPS) is 10.7. The van der Waals surface area contributed by atoms with Gasteiger partial charge in [0.15, 0.2) is 0 Å². The zero-order chi connectivity index (χ0) is 17.8. The van der Waals surface area contributed by atoms with Gasteiger partial charge >= 0.3 is 0 Å². The van der Waals surface area contributed by atoms with Crippen LogP contribution in [0.25, 0.3) is 11.1 Å². The van der Waals surface area contributed by atoms with Crippen LogP contribution in [0, 0.1) is 11.6 Å². The first kappa shape index (κ1) is 17.2. The minimum atomic E-state index is -0.451. The number of nitrogens with one attached hydrogen (secondary N) is 1. The molecular formula is C18H14F2N2O2S. The third-order valence-corrected chi connectivity index (χ3v) is 4.26. The van der Waals surface area contributed by atoms with Crippen LogP contribution in [0.1, 0.15) is 15.5 Å². The van der Waals surface area contributed by atoms with Crippen molar-refractivity contribution in [3.8, 4) is 11.1 Å². The maximum absolute atomic E-state index is 13.6. The van der Waals surface area contributed by atoms with Crippen molar-refractivity contribution in [2.75, 3.05) is 12.4 Å². The summed E-state index contributed by atoms with van der Waals surface area (Å²) in [5, 5.41) is 5.04. The lowest BCUT2D eigenvalue weighted by Crippen LogP contribution is -2.13. The summed E-state index contributed by atoms with van der Waals surface area (Å²) in [6, 6.07) is 9.62. The number of methoxy groups -OCH3 is 1. The first-order valence-electron chi connectivity index (χ1n) is 7.37. The first-order chi connectivity index (χ1) is 12.1. The second-order valence-corrected chi connectivity index (χ2v) is 6.15. The Bertz CT molecular complexity index is 894. The summed E-state index contributed by atoms with van der Waals surface area (Å²) in [5.74, 6) is -1.25. The second-order valence-electron chi connectivity index (χ2n) is 5.21. The quantitative estimate of drug-likeness (QED) is 0.729. The number of amides is 1. The van der Waals surface area contributed by atoms with Crippen molar-refractivity contribution >= 4 is 22.9 Å². The molecule has 128 valence electrons. The molecule has 1 aromatic heterocycles. The van der Waals surface area contributed by atoms with E-state index in [-0.39, 0.29) is 11.5 Å². The van der Waals surface area contributed by atoms with Gasteiger partial charge in [0.25, 0.3) is 5.91 Å². The highest BCUT2D eigenvalue weighted by atomic mass is 32.1. The average molecular weight is 360 g/mol. The maximum atomic E-state index is 13.6. The molecule has 0 aliphatic heterocycles. The molecule has 25 heavy (non-hydrogen) atoms. The summed E-state index contributed by atoms with van der Waals surface area (Å²) < 4.78 is 31.7. The molecule has 0 atom stereocenters. The highest BCUT2D eigenvalue weighted by molar-refractivity contribution is 7.09. The highest BCUT2D eigenvalue weighted by Gasteiger charge is 2.14. The molecule has 0 aliphatic carbocycles. The van der Waals surface area contributed by atoms with Crippen LogP contribution in [0.4, 0.5) is 14.5 Å². The molecule has 0 spiro atoms. The number of anilines is 1. The molecule has 0 bridgehead atoms. The number of benzene rings is 2. The van der Waals surface area contributed by atoms with Crippen LogP contribution in [-0.4, -0.2) is 18.0 Å². The van der Waals surface area contributed by atoms with Crippen LogP contribution in [0.5, 0.6) is 0 Å². The number of hydrogen-bond donors (Lipinski definition) is 1. The molecule has 0 saturated carbocycles. The van der Waals surface area contributed by atoms with E-state index in [0.29, 0.717) is 28.4 Å². The minimum Gasteiger partial charge on any atom is -0.378 e. The van der Waals surface area contributed by atoms with E-state index in [1.54, 1.807) is 12.5 Å². The number of carbonyl (C=O) groups excluding carboxylic acids is 1. The number of nitrogens with zero attached hydrogens (tertiary/aromatic N) is 1. The van der Waals surface area contributed by atoms with E-state index in [1.807, 2.05) is 0 Å². The van der Waals surface area contributed by atoms with Gasteiger partial charge in [-0.15, -0.1) is 11.3 Å². The van der Waals surface area contributed by atoms with E-state index in [9.17, 15) is 13.6 Å². The Hall–Kier alpha value is -2.64. The van der Waals surface area contributed by atoms with Gasteiger partial charge in [-0.3, -0.25) is 4.79 Å². The molecule has 1 N–H and O–H groups in total. The van der Waals surface area contributed by atoms with Crippen LogP contribution >= 0.6 is 11.3 Å². The highest BCUT2D eigenvalue weighted by Crippen LogP contribution is 2.29. The van der Waals surface area contributed by atoms with E-state index in [0.717, 1.165) is 0 Å². The average Bonchev–Trinajstić information content (AvgIpc) is 3.06. The van der Waals surface area contributed by atoms with E-state index in [2.05, 4.69) is 10.3 Å². The largest absolute Gasteiger partial charge is 0.378 e. The number of rotatable bonds is 5. The summed E-state index contributed by atoms with van der Waals surface area (Å²) in [6.07, 6.45) is 0. The zero-order valence-electron chi connectivity index (χ0n) is 13.3. The van der Waals surface area contributed by atoms with E-state index in [4.69, 9.17) is 4.74 Å². The van der Waals surface area contributed by atoms with Crippen LogP contribution in [0.2, 0.25) is 0 Å². The number of halogens is 2. The van der Waals surface area contributed by atoms with Crippen molar-refractivity contribution in [2.45, 2.75) is 6.61 Å². The van der Waals surface area contributed by atoms with Gasteiger partial charge in [0.05, 0.1) is 6.61 Å². The Morgan fingerprint density at radius 1 is 1.16 bits per heavy atom.